The number of nitrogens with one attached hydrogen (secondary N) is 1. The van der Waals surface area contributed by atoms with Crippen LogP contribution < -0.4 is 10.7 Å². The molecule has 1 aromatic rings. The fourth-order valence-electron chi connectivity index (χ4n) is 2.82. The Kier molecular flexibility index (Phi) is 3.55. The summed E-state index contributed by atoms with van der Waals surface area (Å²) in [6.45, 7) is 3.19. The Morgan fingerprint density at radius 3 is 2.83 bits per heavy atom. The Balaban J connectivity index is 2.07. The molecule has 2 aliphatic rings. The van der Waals surface area contributed by atoms with Crippen molar-refractivity contribution < 1.29 is 14.6 Å². The first-order chi connectivity index (χ1) is 10.9. The Hall–Kier alpha value is -2.83. The highest BCUT2D eigenvalue weighted by atomic mass is 16.5. The maximum absolute atomic E-state index is 12.0. The van der Waals surface area contributed by atoms with Crippen molar-refractivity contribution in [1.82, 2.24) is 9.88 Å². The second-order valence-corrected chi connectivity index (χ2v) is 5.52. The number of nitrogens with zero attached hydrogens (tertiary/aromatic N) is 2. The first-order valence-electron chi connectivity index (χ1n) is 7.16. The second kappa shape index (κ2) is 5.42. The molecule has 0 aromatic carbocycles. The number of allylic oxidation sites excluding steroid dienone is 4. The number of pyridine rings is 1. The van der Waals surface area contributed by atoms with Crippen LogP contribution in [0.4, 0.5) is 0 Å². The topological polar surface area (TPSA) is 92.9 Å². The molecule has 1 aliphatic carbocycles. The number of hydrogen-bond acceptors (Lipinski definition) is 5. The van der Waals surface area contributed by atoms with Gasteiger partial charge in [0, 0.05) is 23.7 Å². The van der Waals surface area contributed by atoms with E-state index >= 15 is 0 Å². The summed E-state index contributed by atoms with van der Waals surface area (Å²) in [6, 6.07) is 0. The summed E-state index contributed by atoms with van der Waals surface area (Å²) >= 11 is 0. The van der Waals surface area contributed by atoms with Gasteiger partial charge in [0.2, 0.25) is 6.29 Å². The van der Waals surface area contributed by atoms with Gasteiger partial charge in [-0.15, -0.1) is 0 Å². The highest BCUT2D eigenvalue weighted by Gasteiger charge is 2.28. The van der Waals surface area contributed by atoms with Crippen molar-refractivity contribution in [2.75, 3.05) is 7.11 Å². The molecule has 3 rings (SSSR count). The fraction of sp³-hybridized carbons (Fsp3) is 0.312. The van der Waals surface area contributed by atoms with Crippen LogP contribution in [0.5, 0.6) is 0 Å². The van der Waals surface area contributed by atoms with Crippen molar-refractivity contribution in [3.05, 3.63) is 56.8 Å². The molecule has 0 radical (unpaired) electrons. The molecule has 23 heavy (non-hydrogen) atoms. The van der Waals surface area contributed by atoms with E-state index in [4.69, 9.17) is 4.74 Å². The molecule has 7 nitrogen and oxygen atoms in total. The number of fused-ring (bicyclic) bond motifs is 1. The van der Waals surface area contributed by atoms with E-state index in [2.05, 4.69) is 10.3 Å². The van der Waals surface area contributed by atoms with E-state index in [1.165, 1.54) is 17.7 Å². The zero-order valence-corrected chi connectivity index (χ0v) is 13.1. The number of carboxylic acids is 1. The molecule has 0 spiro atoms. The van der Waals surface area contributed by atoms with Gasteiger partial charge >= 0.3 is 5.97 Å². The molecule has 0 fully saturated rings. The number of aromatic nitrogens is 1. The average molecular weight is 315 g/mol. The number of aryl methyl sites for hydroxylation is 1. The van der Waals surface area contributed by atoms with E-state index in [0.29, 0.717) is 12.0 Å². The third-order valence-corrected chi connectivity index (χ3v) is 4.02. The van der Waals surface area contributed by atoms with Gasteiger partial charge in [-0.05, 0) is 26.0 Å². The average Bonchev–Trinajstić information content (AvgIpc) is 2.94. The van der Waals surface area contributed by atoms with Gasteiger partial charge in [-0.2, -0.15) is 0 Å². The summed E-state index contributed by atoms with van der Waals surface area (Å²) in [5, 5.41) is 12.7. The van der Waals surface area contributed by atoms with Crippen LogP contribution in [0.1, 0.15) is 34.3 Å². The smallest absolute Gasteiger partial charge is 0.353 e. The number of methoxy groups -OCH3 is 1. The van der Waals surface area contributed by atoms with Crippen LogP contribution in [0, 0.1) is 13.8 Å². The lowest BCUT2D eigenvalue weighted by atomic mass is 10.1. The number of ether oxygens (including phenoxy) is 1. The first-order valence-corrected chi connectivity index (χ1v) is 7.16. The number of rotatable bonds is 3. The fourth-order valence-corrected chi connectivity index (χ4v) is 2.82. The number of hydrogen-bond donors (Lipinski definition) is 2. The van der Waals surface area contributed by atoms with E-state index in [9.17, 15) is 14.7 Å². The normalized spacial score (nSPS) is 19.3. The maximum atomic E-state index is 12.0. The van der Waals surface area contributed by atoms with Gasteiger partial charge in [0.1, 0.15) is 11.5 Å². The molecule has 1 atom stereocenters. The summed E-state index contributed by atoms with van der Waals surface area (Å²) in [7, 11) is 1.60. The highest BCUT2D eigenvalue weighted by Crippen LogP contribution is 2.26. The lowest BCUT2D eigenvalue weighted by Gasteiger charge is -2.19. The predicted octanol–water partition coefficient (Wildman–Crippen LogP) is 1.48. The maximum Gasteiger partial charge on any atom is 0.353 e. The molecule has 120 valence electrons. The number of aliphatic imine (C=N–C) groups is 1. The van der Waals surface area contributed by atoms with Crippen molar-refractivity contribution in [3.8, 4) is 0 Å². The third-order valence-electron chi connectivity index (χ3n) is 4.02. The minimum absolute atomic E-state index is 0.0541. The van der Waals surface area contributed by atoms with Gasteiger partial charge in [0.15, 0.2) is 5.43 Å². The zero-order valence-electron chi connectivity index (χ0n) is 13.1. The van der Waals surface area contributed by atoms with Crippen LogP contribution in [-0.4, -0.2) is 28.5 Å². The highest BCUT2D eigenvalue weighted by molar-refractivity contribution is 6.03. The number of carboxylic acid groups (broad SMARTS) is 1. The molecule has 0 saturated carbocycles. The van der Waals surface area contributed by atoms with Crippen LogP contribution in [0.25, 0.3) is 0 Å². The molecule has 2 N–H and O–H groups in total. The second-order valence-electron chi connectivity index (χ2n) is 5.52. The number of aromatic carboxylic acids is 1. The van der Waals surface area contributed by atoms with E-state index in [1.54, 1.807) is 14.0 Å². The zero-order chi connectivity index (χ0) is 16.7. The first kappa shape index (κ1) is 15.1. The van der Waals surface area contributed by atoms with Gasteiger partial charge in [-0.1, -0.05) is 0 Å². The minimum atomic E-state index is -1.15. The molecule has 0 bridgehead atoms. The Morgan fingerprint density at radius 2 is 2.17 bits per heavy atom. The van der Waals surface area contributed by atoms with Crippen molar-refractivity contribution in [2.24, 2.45) is 4.99 Å². The summed E-state index contributed by atoms with van der Waals surface area (Å²) in [6.07, 6.45) is 5.19. The molecule has 0 saturated heterocycles. The van der Waals surface area contributed by atoms with E-state index in [0.717, 1.165) is 17.2 Å². The summed E-state index contributed by atoms with van der Waals surface area (Å²) in [4.78, 5) is 28.2. The predicted molar refractivity (Wildman–Crippen MR) is 84.5 cm³/mol. The molecular weight excluding hydrogens is 298 g/mol. The van der Waals surface area contributed by atoms with E-state index in [-0.39, 0.29) is 16.7 Å². The number of carbonyl (C=O) groups is 1. The van der Waals surface area contributed by atoms with Gasteiger partial charge in [0.25, 0.3) is 0 Å². The standard InChI is InChI=1S/C16H17N3O4/c1-8-7-19(13(15(21)22)9(2)14(8)20)16-17-11-5-4-10(23-3)6-12(11)18-16/h4-5,7,16-17H,6H2,1-3H3,(H,21,22)/t16-/m1/s1. The van der Waals surface area contributed by atoms with Crippen LogP contribution in [-0.2, 0) is 4.74 Å². The summed E-state index contributed by atoms with van der Waals surface area (Å²) in [5.41, 5.74) is 2.01. The van der Waals surface area contributed by atoms with Gasteiger partial charge in [-0.25, -0.2) is 9.79 Å². The van der Waals surface area contributed by atoms with Crippen LogP contribution in [0.15, 0.2) is 39.6 Å². The van der Waals surface area contributed by atoms with Crippen molar-refractivity contribution in [2.45, 2.75) is 26.6 Å². The van der Waals surface area contributed by atoms with Gasteiger partial charge in [0.05, 0.1) is 18.5 Å². The van der Waals surface area contributed by atoms with E-state index < -0.39 is 12.3 Å². The van der Waals surface area contributed by atoms with Crippen molar-refractivity contribution in [3.63, 3.8) is 0 Å². The quantitative estimate of drug-likeness (QED) is 0.881. The Bertz CT molecular complexity index is 846. The Labute approximate surface area is 132 Å². The monoisotopic (exact) mass is 315 g/mol. The van der Waals surface area contributed by atoms with Crippen molar-refractivity contribution >= 4 is 11.7 Å². The largest absolute Gasteiger partial charge is 0.501 e. The Morgan fingerprint density at radius 1 is 1.43 bits per heavy atom. The van der Waals surface area contributed by atoms with Gasteiger partial charge in [-0.3, -0.25) is 4.79 Å². The van der Waals surface area contributed by atoms with E-state index in [1.807, 2.05) is 12.2 Å². The van der Waals surface area contributed by atoms with Crippen LogP contribution >= 0.6 is 0 Å². The molecule has 0 amide bonds. The molecule has 7 heteroatoms. The summed E-state index contributed by atoms with van der Waals surface area (Å²) < 4.78 is 6.71. The van der Waals surface area contributed by atoms with Crippen LogP contribution in [0.2, 0.25) is 0 Å². The molecule has 0 unspecified atom stereocenters. The molecule has 2 heterocycles. The van der Waals surface area contributed by atoms with Gasteiger partial charge < -0.3 is 19.7 Å². The molecule has 1 aliphatic heterocycles. The minimum Gasteiger partial charge on any atom is -0.501 e. The SMILES string of the molecule is COC1=CC=C2N[C@@H](n3cc(C)c(=O)c(C)c3C(=O)O)N=C2C1. The lowest BCUT2D eigenvalue weighted by molar-refractivity contribution is 0.0679. The van der Waals surface area contributed by atoms with Crippen molar-refractivity contribution in [1.29, 1.82) is 0 Å². The summed E-state index contributed by atoms with van der Waals surface area (Å²) in [5.74, 6) is -0.359. The molecule has 1 aromatic heterocycles. The lowest BCUT2D eigenvalue weighted by Crippen LogP contribution is -2.29. The molecular formula is C16H17N3O4. The van der Waals surface area contributed by atoms with Crippen LogP contribution in [0.3, 0.4) is 0 Å². The third kappa shape index (κ3) is 2.44.